The Bertz CT molecular complexity index is 967. The summed E-state index contributed by atoms with van der Waals surface area (Å²) in [5.74, 6) is -0.441. The van der Waals surface area contributed by atoms with Gasteiger partial charge in [0.1, 0.15) is 0 Å². The molecule has 0 bridgehead atoms. The van der Waals surface area contributed by atoms with Crippen molar-refractivity contribution in [2.75, 3.05) is 12.8 Å². The second kappa shape index (κ2) is 6.87. The lowest BCUT2D eigenvalue weighted by atomic mass is 10.1. The number of aromatic nitrogens is 3. The maximum Gasteiger partial charge on any atom is 0.374 e. The molecule has 0 aliphatic rings. The Hall–Kier alpha value is -3.35. The summed E-state index contributed by atoms with van der Waals surface area (Å²) in [6.45, 7) is 0. The van der Waals surface area contributed by atoms with Crippen molar-refractivity contribution in [1.29, 1.82) is 0 Å². The highest BCUT2D eigenvalue weighted by Gasteiger charge is 2.18. The molecule has 0 fully saturated rings. The SMILES string of the molecule is COC(=O)c1nc(CC(=O)c2cc(-c3ccc(N)cc3)cn2C)cn1C. The molecule has 134 valence electrons. The minimum atomic E-state index is -0.532. The summed E-state index contributed by atoms with van der Waals surface area (Å²) < 4.78 is 8.02. The standard InChI is InChI=1S/C19H20N4O3/c1-22-10-13(12-4-6-14(20)7-5-12)8-16(22)17(24)9-15-11-23(2)18(21-15)19(25)26-3/h4-8,10-11H,9,20H2,1-3H3. The van der Waals surface area contributed by atoms with Crippen LogP contribution in [0.3, 0.4) is 0 Å². The number of nitrogens with two attached hydrogens (primary N) is 1. The molecule has 7 heteroatoms. The number of carbonyl (C=O) groups is 2. The van der Waals surface area contributed by atoms with E-state index in [1.54, 1.807) is 22.4 Å². The molecule has 0 atom stereocenters. The molecule has 0 spiro atoms. The Morgan fingerprint density at radius 1 is 1.08 bits per heavy atom. The summed E-state index contributed by atoms with van der Waals surface area (Å²) in [4.78, 5) is 28.5. The third-order valence-corrected chi connectivity index (χ3v) is 4.17. The number of benzene rings is 1. The Labute approximate surface area is 151 Å². The van der Waals surface area contributed by atoms with E-state index in [1.807, 2.05) is 43.6 Å². The second-order valence-electron chi connectivity index (χ2n) is 6.11. The molecular formula is C19H20N4O3. The molecule has 3 aromatic rings. The molecule has 0 aliphatic heterocycles. The van der Waals surface area contributed by atoms with Gasteiger partial charge < -0.3 is 19.6 Å². The molecule has 2 aromatic heterocycles. The number of nitrogen functional groups attached to an aromatic ring is 1. The number of anilines is 1. The highest BCUT2D eigenvalue weighted by atomic mass is 16.5. The van der Waals surface area contributed by atoms with Gasteiger partial charge in [-0.2, -0.15) is 0 Å². The van der Waals surface area contributed by atoms with Gasteiger partial charge in [-0.25, -0.2) is 9.78 Å². The topological polar surface area (TPSA) is 92.1 Å². The van der Waals surface area contributed by atoms with Crippen LogP contribution in [-0.2, 0) is 25.3 Å². The molecule has 7 nitrogen and oxygen atoms in total. The number of hydrogen-bond donors (Lipinski definition) is 1. The van der Waals surface area contributed by atoms with Gasteiger partial charge in [0.2, 0.25) is 5.82 Å². The summed E-state index contributed by atoms with van der Waals surface area (Å²) in [6, 6.07) is 9.33. The zero-order valence-electron chi connectivity index (χ0n) is 14.9. The number of methoxy groups -OCH3 is 1. The molecule has 2 N–H and O–H groups in total. The van der Waals surface area contributed by atoms with Crippen LogP contribution in [-0.4, -0.2) is 33.0 Å². The van der Waals surface area contributed by atoms with Gasteiger partial charge in [0, 0.05) is 37.7 Å². The maximum atomic E-state index is 12.7. The smallest absolute Gasteiger partial charge is 0.374 e. The van der Waals surface area contributed by atoms with Gasteiger partial charge in [0.15, 0.2) is 5.78 Å². The van der Waals surface area contributed by atoms with Crippen molar-refractivity contribution < 1.29 is 14.3 Å². The van der Waals surface area contributed by atoms with Crippen molar-refractivity contribution in [2.45, 2.75) is 6.42 Å². The third-order valence-electron chi connectivity index (χ3n) is 4.17. The van der Waals surface area contributed by atoms with Crippen LogP contribution in [0.4, 0.5) is 5.69 Å². The summed E-state index contributed by atoms with van der Waals surface area (Å²) in [6.07, 6.45) is 3.66. The normalized spacial score (nSPS) is 10.7. The Morgan fingerprint density at radius 3 is 2.42 bits per heavy atom. The fraction of sp³-hybridized carbons (Fsp3) is 0.211. The highest BCUT2D eigenvalue weighted by molar-refractivity contribution is 5.97. The quantitative estimate of drug-likeness (QED) is 0.432. The summed E-state index contributed by atoms with van der Waals surface area (Å²) in [7, 11) is 4.81. The number of nitrogens with zero attached hydrogens (tertiary/aromatic N) is 3. The number of rotatable bonds is 5. The Kier molecular flexibility index (Phi) is 4.62. The van der Waals surface area contributed by atoms with E-state index >= 15 is 0 Å². The van der Waals surface area contributed by atoms with Crippen LogP contribution in [0.25, 0.3) is 11.1 Å². The fourth-order valence-electron chi connectivity index (χ4n) is 2.82. The second-order valence-corrected chi connectivity index (χ2v) is 6.11. The Morgan fingerprint density at radius 2 is 1.77 bits per heavy atom. The maximum absolute atomic E-state index is 12.7. The lowest BCUT2D eigenvalue weighted by Crippen LogP contribution is -2.10. The summed E-state index contributed by atoms with van der Waals surface area (Å²) in [5.41, 5.74) is 9.43. The van der Waals surface area contributed by atoms with Crippen LogP contribution in [0.2, 0.25) is 0 Å². The van der Waals surface area contributed by atoms with Gasteiger partial charge in [0.25, 0.3) is 0 Å². The lowest BCUT2D eigenvalue weighted by molar-refractivity contribution is 0.0582. The first-order chi connectivity index (χ1) is 12.4. The fourth-order valence-corrected chi connectivity index (χ4v) is 2.82. The predicted octanol–water partition coefficient (Wildman–Crippen LogP) is 2.22. The van der Waals surface area contributed by atoms with E-state index in [0.717, 1.165) is 11.1 Å². The zero-order valence-corrected chi connectivity index (χ0v) is 14.9. The van der Waals surface area contributed by atoms with Gasteiger partial charge >= 0.3 is 5.97 Å². The van der Waals surface area contributed by atoms with E-state index in [2.05, 4.69) is 9.72 Å². The molecule has 0 aliphatic carbocycles. The van der Waals surface area contributed by atoms with Gasteiger partial charge in [0.05, 0.1) is 24.9 Å². The van der Waals surface area contributed by atoms with Crippen molar-refractivity contribution in [3.8, 4) is 11.1 Å². The number of imidazole rings is 1. The van der Waals surface area contributed by atoms with E-state index in [4.69, 9.17) is 5.73 Å². The van der Waals surface area contributed by atoms with Crippen LogP contribution in [0.5, 0.6) is 0 Å². The van der Waals surface area contributed by atoms with Crippen LogP contribution >= 0.6 is 0 Å². The van der Waals surface area contributed by atoms with Crippen LogP contribution in [0.15, 0.2) is 42.7 Å². The largest absolute Gasteiger partial charge is 0.463 e. The van der Waals surface area contributed by atoms with Gasteiger partial charge in [-0.05, 0) is 23.8 Å². The van der Waals surface area contributed by atoms with Crippen molar-refractivity contribution in [1.82, 2.24) is 14.1 Å². The number of Topliss-reactive ketones (excluding diaryl/α,β-unsaturated/α-hetero) is 1. The highest BCUT2D eigenvalue weighted by Crippen LogP contribution is 2.23. The minimum absolute atomic E-state index is 0.0799. The van der Waals surface area contributed by atoms with Crippen molar-refractivity contribution >= 4 is 17.4 Å². The molecule has 0 saturated heterocycles. The molecule has 0 radical (unpaired) electrons. The first-order valence-corrected chi connectivity index (χ1v) is 8.05. The minimum Gasteiger partial charge on any atom is -0.463 e. The predicted molar refractivity (Wildman–Crippen MR) is 97.8 cm³/mol. The van der Waals surface area contributed by atoms with Crippen LogP contribution in [0, 0.1) is 0 Å². The van der Waals surface area contributed by atoms with Crippen molar-refractivity contribution in [3.63, 3.8) is 0 Å². The molecule has 2 heterocycles. The molecule has 26 heavy (non-hydrogen) atoms. The number of hydrogen-bond acceptors (Lipinski definition) is 5. The average Bonchev–Trinajstić information content (AvgIpc) is 3.17. The van der Waals surface area contributed by atoms with E-state index < -0.39 is 5.97 Å². The first-order valence-electron chi connectivity index (χ1n) is 8.05. The number of aryl methyl sites for hydroxylation is 2. The average molecular weight is 352 g/mol. The van der Waals surface area contributed by atoms with Crippen molar-refractivity contribution in [3.05, 3.63) is 59.9 Å². The molecule has 0 unspecified atom stereocenters. The third kappa shape index (κ3) is 3.37. The number of ether oxygens (including phenoxy) is 1. The molecule has 1 aromatic carbocycles. The monoisotopic (exact) mass is 352 g/mol. The van der Waals surface area contributed by atoms with E-state index in [1.165, 1.54) is 7.11 Å². The van der Waals surface area contributed by atoms with Gasteiger partial charge in [-0.1, -0.05) is 12.1 Å². The summed E-state index contributed by atoms with van der Waals surface area (Å²) >= 11 is 0. The number of ketones is 1. The van der Waals surface area contributed by atoms with Gasteiger partial charge in [-0.15, -0.1) is 0 Å². The molecule has 3 rings (SSSR count). The summed E-state index contributed by atoms with van der Waals surface area (Å²) in [5, 5.41) is 0. The molecule has 0 amide bonds. The van der Waals surface area contributed by atoms with Crippen molar-refractivity contribution in [2.24, 2.45) is 14.1 Å². The van der Waals surface area contributed by atoms with Crippen LogP contribution < -0.4 is 5.73 Å². The Balaban J connectivity index is 1.82. The zero-order chi connectivity index (χ0) is 18.8. The first kappa shape index (κ1) is 17.5. The van der Waals surface area contributed by atoms with E-state index in [-0.39, 0.29) is 18.0 Å². The lowest BCUT2D eigenvalue weighted by Gasteiger charge is -2.00. The number of esters is 1. The van der Waals surface area contributed by atoms with Crippen LogP contribution in [0.1, 0.15) is 26.8 Å². The molecule has 0 saturated carbocycles. The van der Waals surface area contributed by atoms with Gasteiger partial charge in [-0.3, -0.25) is 4.79 Å². The van der Waals surface area contributed by atoms with E-state index in [9.17, 15) is 9.59 Å². The number of carbonyl (C=O) groups excluding carboxylic acids is 2. The van der Waals surface area contributed by atoms with E-state index in [0.29, 0.717) is 17.1 Å². The molecular weight excluding hydrogens is 332 g/mol.